The van der Waals surface area contributed by atoms with E-state index in [-0.39, 0.29) is 17.9 Å². The van der Waals surface area contributed by atoms with Crippen molar-refractivity contribution in [1.29, 1.82) is 0 Å². The van der Waals surface area contributed by atoms with Crippen molar-refractivity contribution in [2.24, 2.45) is 0 Å². The lowest BCUT2D eigenvalue weighted by Gasteiger charge is -2.22. The number of para-hydroxylation sites is 1. The summed E-state index contributed by atoms with van der Waals surface area (Å²) in [5.41, 5.74) is 1.55. The van der Waals surface area contributed by atoms with Crippen LogP contribution in [-0.2, 0) is 19.1 Å². The van der Waals surface area contributed by atoms with Crippen LogP contribution in [0.4, 0.5) is 18.9 Å². The molecule has 110 valence electrons. The topological polar surface area (TPSA) is 23.5 Å². The molecule has 0 atom stereocenters. The minimum Gasteiger partial charge on any atom is -0.508 e. The number of anilines is 1. The van der Waals surface area contributed by atoms with Crippen LogP contribution >= 0.6 is 0 Å². The van der Waals surface area contributed by atoms with Crippen molar-refractivity contribution in [2.45, 2.75) is 19.1 Å². The van der Waals surface area contributed by atoms with E-state index < -0.39 is 11.7 Å². The maximum atomic E-state index is 13.1. The SMILES string of the molecule is Oc1ccc(CN2CCc3ccccc32)c(C(F)(F)F)c1. The van der Waals surface area contributed by atoms with E-state index in [1.54, 1.807) is 0 Å². The van der Waals surface area contributed by atoms with Crippen molar-refractivity contribution < 1.29 is 18.3 Å². The molecule has 0 saturated heterocycles. The Balaban J connectivity index is 1.93. The van der Waals surface area contributed by atoms with Gasteiger partial charge in [-0.15, -0.1) is 0 Å². The maximum Gasteiger partial charge on any atom is 0.416 e. The van der Waals surface area contributed by atoms with Gasteiger partial charge in [-0.1, -0.05) is 24.3 Å². The van der Waals surface area contributed by atoms with Crippen LogP contribution in [0.25, 0.3) is 0 Å². The van der Waals surface area contributed by atoms with Crippen LogP contribution in [0.3, 0.4) is 0 Å². The van der Waals surface area contributed by atoms with E-state index in [2.05, 4.69) is 0 Å². The van der Waals surface area contributed by atoms with Crippen LogP contribution in [0, 0.1) is 0 Å². The van der Waals surface area contributed by atoms with Crippen LogP contribution in [-0.4, -0.2) is 11.7 Å². The number of nitrogens with zero attached hydrogens (tertiary/aromatic N) is 1. The van der Waals surface area contributed by atoms with E-state index in [9.17, 15) is 18.3 Å². The Morgan fingerprint density at radius 2 is 1.86 bits per heavy atom. The minimum atomic E-state index is -4.46. The highest BCUT2D eigenvalue weighted by Gasteiger charge is 2.34. The van der Waals surface area contributed by atoms with E-state index in [1.165, 1.54) is 12.1 Å². The molecule has 0 aliphatic carbocycles. The fraction of sp³-hybridized carbons (Fsp3) is 0.250. The molecule has 0 saturated carbocycles. The first-order chi connectivity index (χ1) is 9.95. The standard InChI is InChI=1S/C16H14F3NO/c17-16(18,19)14-9-13(21)6-5-12(14)10-20-8-7-11-3-1-2-4-15(11)20/h1-6,9,21H,7-8,10H2. The van der Waals surface area contributed by atoms with E-state index >= 15 is 0 Å². The molecule has 2 aromatic carbocycles. The first kappa shape index (κ1) is 13.8. The third-order valence-corrected chi connectivity index (χ3v) is 3.74. The van der Waals surface area contributed by atoms with Crippen molar-refractivity contribution in [3.8, 4) is 5.75 Å². The Bertz CT molecular complexity index is 667. The molecule has 1 aliphatic heterocycles. The summed E-state index contributed by atoms with van der Waals surface area (Å²) in [6, 6.07) is 11.2. The van der Waals surface area contributed by atoms with E-state index in [0.717, 1.165) is 23.7 Å². The molecule has 1 N–H and O–H groups in total. The van der Waals surface area contributed by atoms with Gasteiger partial charge in [-0.3, -0.25) is 0 Å². The summed E-state index contributed by atoms with van der Waals surface area (Å²) in [6.07, 6.45) is -3.62. The molecule has 0 spiro atoms. The highest BCUT2D eigenvalue weighted by atomic mass is 19.4. The van der Waals surface area contributed by atoms with Crippen LogP contribution in [0.15, 0.2) is 42.5 Å². The van der Waals surface area contributed by atoms with Gasteiger partial charge in [-0.2, -0.15) is 13.2 Å². The van der Waals surface area contributed by atoms with Crippen molar-refractivity contribution in [2.75, 3.05) is 11.4 Å². The van der Waals surface area contributed by atoms with Crippen LogP contribution < -0.4 is 4.90 Å². The van der Waals surface area contributed by atoms with E-state index in [4.69, 9.17) is 0 Å². The number of halogens is 3. The van der Waals surface area contributed by atoms with Gasteiger partial charge in [0.1, 0.15) is 5.75 Å². The predicted molar refractivity (Wildman–Crippen MR) is 74.3 cm³/mol. The Kier molecular flexibility index (Phi) is 3.27. The number of aromatic hydroxyl groups is 1. The van der Waals surface area contributed by atoms with Gasteiger partial charge >= 0.3 is 6.18 Å². The Labute approximate surface area is 120 Å². The molecule has 2 nitrogen and oxygen atoms in total. The summed E-state index contributed by atoms with van der Waals surface area (Å²) in [7, 11) is 0. The Morgan fingerprint density at radius 1 is 1.10 bits per heavy atom. The lowest BCUT2D eigenvalue weighted by atomic mass is 10.1. The molecule has 0 fully saturated rings. The molecule has 0 amide bonds. The van der Waals surface area contributed by atoms with Gasteiger partial charge in [0.15, 0.2) is 0 Å². The second-order valence-electron chi connectivity index (χ2n) is 5.14. The lowest BCUT2D eigenvalue weighted by Crippen LogP contribution is -2.22. The van der Waals surface area contributed by atoms with Crippen molar-refractivity contribution in [3.63, 3.8) is 0 Å². The highest BCUT2D eigenvalue weighted by Crippen LogP contribution is 2.36. The van der Waals surface area contributed by atoms with Gasteiger partial charge < -0.3 is 10.0 Å². The highest BCUT2D eigenvalue weighted by molar-refractivity contribution is 5.58. The second kappa shape index (κ2) is 4.98. The van der Waals surface area contributed by atoms with Crippen molar-refractivity contribution in [3.05, 3.63) is 59.2 Å². The number of hydrogen-bond donors (Lipinski definition) is 1. The molecule has 0 bridgehead atoms. The summed E-state index contributed by atoms with van der Waals surface area (Å²) in [5.74, 6) is -0.368. The van der Waals surface area contributed by atoms with Gasteiger partial charge in [0.2, 0.25) is 0 Å². The van der Waals surface area contributed by atoms with Gasteiger partial charge in [0.25, 0.3) is 0 Å². The summed E-state index contributed by atoms with van der Waals surface area (Å²) in [6.45, 7) is 0.893. The molecule has 21 heavy (non-hydrogen) atoms. The lowest BCUT2D eigenvalue weighted by molar-refractivity contribution is -0.138. The van der Waals surface area contributed by atoms with Crippen LogP contribution in [0.2, 0.25) is 0 Å². The first-order valence-corrected chi connectivity index (χ1v) is 6.67. The normalized spacial score (nSPS) is 14.3. The molecule has 0 radical (unpaired) electrons. The number of fused-ring (bicyclic) bond motifs is 1. The molecule has 0 unspecified atom stereocenters. The van der Waals surface area contributed by atoms with E-state index in [1.807, 2.05) is 29.2 Å². The van der Waals surface area contributed by atoms with Crippen LogP contribution in [0.5, 0.6) is 5.75 Å². The molecule has 2 aromatic rings. The average molecular weight is 293 g/mol. The molecular formula is C16H14F3NO. The number of alkyl halides is 3. The monoisotopic (exact) mass is 293 g/mol. The summed E-state index contributed by atoms with van der Waals surface area (Å²) in [5, 5.41) is 9.31. The number of phenolic OH excluding ortho intramolecular Hbond substituents is 1. The third-order valence-electron chi connectivity index (χ3n) is 3.74. The fourth-order valence-corrected chi connectivity index (χ4v) is 2.74. The second-order valence-corrected chi connectivity index (χ2v) is 5.14. The molecule has 3 rings (SSSR count). The molecule has 1 heterocycles. The zero-order valence-corrected chi connectivity index (χ0v) is 11.2. The third kappa shape index (κ3) is 2.68. The van der Waals surface area contributed by atoms with Gasteiger partial charge in [0.05, 0.1) is 5.56 Å². The summed E-state index contributed by atoms with van der Waals surface area (Å²) < 4.78 is 39.2. The number of benzene rings is 2. The van der Waals surface area contributed by atoms with Crippen LogP contribution in [0.1, 0.15) is 16.7 Å². The molecular weight excluding hydrogens is 279 g/mol. The van der Waals surface area contributed by atoms with Crippen molar-refractivity contribution >= 4 is 5.69 Å². The molecule has 1 aliphatic rings. The van der Waals surface area contributed by atoms with Gasteiger partial charge in [-0.25, -0.2) is 0 Å². The first-order valence-electron chi connectivity index (χ1n) is 6.67. The minimum absolute atomic E-state index is 0.178. The Hall–Kier alpha value is -2.17. The Morgan fingerprint density at radius 3 is 2.62 bits per heavy atom. The van der Waals surface area contributed by atoms with Gasteiger partial charge in [-0.05, 0) is 35.7 Å². The molecule has 0 aromatic heterocycles. The summed E-state index contributed by atoms with van der Waals surface area (Å²) in [4.78, 5) is 1.94. The van der Waals surface area contributed by atoms with Gasteiger partial charge in [0, 0.05) is 18.8 Å². The maximum absolute atomic E-state index is 13.1. The number of hydrogen-bond acceptors (Lipinski definition) is 2. The fourth-order valence-electron chi connectivity index (χ4n) is 2.74. The zero-order chi connectivity index (χ0) is 15.0. The zero-order valence-electron chi connectivity index (χ0n) is 11.2. The predicted octanol–water partition coefficient (Wildman–Crippen LogP) is 3.97. The number of phenols is 1. The number of rotatable bonds is 2. The molecule has 5 heteroatoms. The van der Waals surface area contributed by atoms with E-state index in [0.29, 0.717) is 6.54 Å². The van der Waals surface area contributed by atoms with Crippen molar-refractivity contribution in [1.82, 2.24) is 0 Å². The summed E-state index contributed by atoms with van der Waals surface area (Å²) >= 11 is 0. The largest absolute Gasteiger partial charge is 0.508 e. The smallest absolute Gasteiger partial charge is 0.416 e. The quantitative estimate of drug-likeness (QED) is 0.905. The average Bonchev–Trinajstić information content (AvgIpc) is 2.83.